The number of carbonyl (C=O) groups is 1. The summed E-state index contributed by atoms with van der Waals surface area (Å²) in [6, 6.07) is 7.78. The van der Waals surface area contributed by atoms with E-state index in [9.17, 15) is 4.79 Å². The van der Waals surface area contributed by atoms with Gasteiger partial charge in [-0.2, -0.15) is 0 Å². The number of hydrogen-bond acceptors (Lipinski definition) is 3. The third-order valence-electron chi connectivity index (χ3n) is 3.10. The normalized spacial score (nSPS) is 12.0. The molecule has 0 aliphatic rings. The van der Waals surface area contributed by atoms with Gasteiger partial charge in [-0.3, -0.25) is 4.79 Å². The molecule has 0 saturated carbocycles. The van der Waals surface area contributed by atoms with Crippen molar-refractivity contribution in [2.45, 2.75) is 20.4 Å². The lowest BCUT2D eigenvalue weighted by atomic mass is 10.1. The molecule has 0 spiro atoms. The lowest BCUT2D eigenvalue weighted by Crippen LogP contribution is -2.36. The van der Waals surface area contributed by atoms with E-state index in [1.54, 1.807) is 12.0 Å². The number of amides is 1. The lowest BCUT2D eigenvalue weighted by Gasteiger charge is -2.22. The SMILES string of the molecule is CCNCC(C)C(=O)N(C)Cc1ccccc1OC. The number of benzene rings is 1. The van der Waals surface area contributed by atoms with Gasteiger partial charge in [-0.15, -0.1) is 0 Å². The number of rotatable bonds is 7. The summed E-state index contributed by atoms with van der Waals surface area (Å²) >= 11 is 0. The van der Waals surface area contributed by atoms with Crippen LogP contribution in [0.2, 0.25) is 0 Å². The maximum absolute atomic E-state index is 12.2. The van der Waals surface area contributed by atoms with Gasteiger partial charge < -0.3 is 15.0 Å². The van der Waals surface area contributed by atoms with Gasteiger partial charge in [0.2, 0.25) is 5.91 Å². The van der Waals surface area contributed by atoms with E-state index < -0.39 is 0 Å². The van der Waals surface area contributed by atoms with Crippen LogP contribution in [0, 0.1) is 5.92 Å². The highest BCUT2D eigenvalue weighted by Gasteiger charge is 2.18. The van der Waals surface area contributed by atoms with Crippen LogP contribution >= 0.6 is 0 Å². The first-order valence-electron chi connectivity index (χ1n) is 6.67. The average Bonchev–Trinajstić information content (AvgIpc) is 2.44. The van der Waals surface area contributed by atoms with Crippen LogP contribution in [0.25, 0.3) is 0 Å². The number of para-hydroxylation sites is 1. The summed E-state index contributed by atoms with van der Waals surface area (Å²) in [7, 11) is 3.48. The molecule has 0 radical (unpaired) electrons. The summed E-state index contributed by atoms with van der Waals surface area (Å²) in [5, 5.41) is 3.20. The van der Waals surface area contributed by atoms with Crippen molar-refractivity contribution in [3.8, 4) is 5.75 Å². The fourth-order valence-corrected chi connectivity index (χ4v) is 1.99. The first-order chi connectivity index (χ1) is 9.10. The van der Waals surface area contributed by atoms with Gasteiger partial charge in [0.1, 0.15) is 5.75 Å². The van der Waals surface area contributed by atoms with Gasteiger partial charge in [0.15, 0.2) is 0 Å². The van der Waals surface area contributed by atoms with E-state index in [1.807, 2.05) is 45.2 Å². The number of nitrogens with one attached hydrogen (secondary N) is 1. The molecule has 1 aromatic rings. The van der Waals surface area contributed by atoms with E-state index in [1.165, 1.54) is 0 Å². The Hall–Kier alpha value is -1.55. The van der Waals surface area contributed by atoms with E-state index in [0.29, 0.717) is 13.1 Å². The van der Waals surface area contributed by atoms with E-state index in [0.717, 1.165) is 17.9 Å². The van der Waals surface area contributed by atoms with Crippen molar-refractivity contribution in [3.05, 3.63) is 29.8 Å². The monoisotopic (exact) mass is 264 g/mol. The van der Waals surface area contributed by atoms with E-state index in [4.69, 9.17) is 4.74 Å². The topological polar surface area (TPSA) is 41.6 Å². The lowest BCUT2D eigenvalue weighted by molar-refractivity contribution is -0.134. The van der Waals surface area contributed by atoms with Crippen LogP contribution < -0.4 is 10.1 Å². The fourth-order valence-electron chi connectivity index (χ4n) is 1.99. The Labute approximate surface area is 115 Å². The molecule has 4 heteroatoms. The van der Waals surface area contributed by atoms with E-state index >= 15 is 0 Å². The molecule has 0 aromatic heterocycles. The molecule has 1 unspecified atom stereocenters. The van der Waals surface area contributed by atoms with E-state index in [2.05, 4.69) is 5.32 Å². The van der Waals surface area contributed by atoms with Crippen LogP contribution in [0.1, 0.15) is 19.4 Å². The van der Waals surface area contributed by atoms with Crippen LogP contribution in [0.5, 0.6) is 5.75 Å². The molecular formula is C15H24N2O2. The second-order valence-electron chi connectivity index (χ2n) is 4.71. The average molecular weight is 264 g/mol. The highest BCUT2D eigenvalue weighted by atomic mass is 16.5. The maximum Gasteiger partial charge on any atom is 0.226 e. The second-order valence-corrected chi connectivity index (χ2v) is 4.71. The molecule has 19 heavy (non-hydrogen) atoms. The molecule has 106 valence electrons. The summed E-state index contributed by atoms with van der Waals surface area (Å²) < 4.78 is 5.30. The molecule has 1 atom stereocenters. The van der Waals surface area contributed by atoms with Gasteiger partial charge in [0.25, 0.3) is 0 Å². The van der Waals surface area contributed by atoms with Crippen molar-refractivity contribution in [1.29, 1.82) is 0 Å². The molecule has 1 aromatic carbocycles. The Kier molecular flexibility index (Phi) is 6.36. The molecule has 0 fully saturated rings. The van der Waals surface area contributed by atoms with Gasteiger partial charge in [-0.25, -0.2) is 0 Å². The van der Waals surface area contributed by atoms with Crippen LogP contribution in [0.4, 0.5) is 0 Å². The minimum absolute atomic E-state index is 0.0142. The van der Waals surface area contributed by atoms with Crippen molar-refractivity contribution in [1.82, 2.24) is 10.2 Å². The van der Waals surface area contributed by atoms with Gasteiger partial charge in [0.05, 0.1) is 7.11 Å². The molecule has 0 aliphatic carbocycles. The number of hydrogen-bond donors (Lipinski definition) is 1. The molecule has 1 rings (SSSR count). The zero-order chi connectivity index (χ0) is 14.3. The molecule has 1 amide bonds. The summed E-state index contributed by atoms with van der Waals surface area (Å²) in [5.74, 6) is 0.952. The van der Waals surface area contributed by atoms with Crippen molar-refractivity contribution in [2.24, 2.45) is 5.92 Å². The quantitative estimate of drug-likeness (QED) is 0.818. The largest absolute Gasteiger partial charge is 0.496 e. The van der Waals surface area contributed by atoms with Gasteiger partial charge >= 0.3 is 0 Å². The number of methoxy groups -OCH3 is 1. The van der Waals surface area contributed by atoms with Crippen LogP contribution in [-0.2, 0) is 11.3 Å². The van der Waals surface area contributed by atoms with Crippen LogP contribution in [0.3, 0.4) is 0 Å². The molecule has 0 heterocycles. The fraction of sp³-hybridized carbons (Fsp3) is 0.533. The van der Waals surface area contributed by atoms with Crippen molar-refractivity contribution >= 4 is 5.91 Å². The Morgan fingerprint density at radius 3 is 2.74 bits per heavy atom. The maximum atomic E-state index is 12.2. The zero-order valence-electron chi connectivity index (χ0n) is 12.3. The standard InChI is InChI=1S/C15H24N2O2/c1-5-16-10-12(2)15(18)17(3)11-13-8-6-7-9-14(13)19-4/h6-9,12,16H,5,10-11H2,1-4H3. The highest BCUT2D eigenvalue weighted by Crippen LogP contribution is 2.19. The van der Waals surface area contributed by atoms with E-state index in [-0.39, 0.29) is 11.8 Å². The smallest absolute Gasteiger partial charge is 0.226 e. The predicted molar refractivity (Wildman–Crippen MR) is 77.2 cm³/mol. The highest BCUT2D eigenvalue weighted by molar-refractivity contribution is 5.78. The molecular weight excluding hydrogens is 240 g/mol. The first-order valence-corrected chi connectivity index (χ1v) is 6.67. The number of nitrogens with zero attached hydrogens (tertiary/aromatic N) is 1. The molecule has 0 saturated heterocycles. The van der Waals surface area contributed by atoms with Crippen molar-refractivity contribution in [2.75, 3.05) is 27.2 Å². The second kappa shape index (κ2) is 7.79. The van der Waals surface area contributed by atoms with Gasteiger partial charge in [-0.1, -0.05) is 32.0 Å². The third-order valence-corrected chi connectivity index (χ3v) is 3.10. The molecule has 0 aliphatic heterocycles. The Morgan fingerprint density at radius 1 is 1.42 bits per heavy atom. The first kappa shape index (κ1) is 15.5. The Bertz CT molecular complexity index is 407. The molecule has 0 bridgehead atoms. The number of carbonyl (C=O) groups excluding carboxylic acids is 1. The van der Waals surface area contributed by atoms with Crippen molar-refractivity contribution < 1.29 is 9.53 Å². The summed E-state index contributed by atoms with van der Waals surface area (Å²) in [6.07, 6.45) is 0. The minimum Gasteiger partial charge on any atom is -0.496 e. The predicted octanol–water partition coefficient (Wildman–Crippen LogP) is 1.90. The summed E-state index contributed by atoms with van der Waals surface area (Å²) in [5.41, 5.74) is 1.02. The summed E-state index contributed by atoms with van der Waals surface area (Å²) in [6.45, 7) is 6.15. The minimum atomic E-state index is -0.0142. The number of ether oxygens (including phenoxy) is 1. The third kappa shape index (κ3) is 4.56. The van der Waals surface area contributed by atoms with Gasteiger partial charge in [-0.05, 0) is 12.6 Å². The van der Waals surface area contributed by atoms with Crippen molar-refractivity contribution in [3.63, 3.8) is 0 Å². The molecule has 4 nitrogen and oxygen atoms in total. The Morgan fingerprint density at radius 2 is 2.11 bits per heavy atom. The zero-order valence-corrected chi connectivity index (χ0v) is 12.3. The molecule has 1 N–H and O–H groups in total. The van der Waals surface area contributed by atoms with Gasteiger partial charge in [0, 0.05) is 31.6 Å². The Balaban J connectivity index is 2.63. The summed E-state index contributed by atoms with van der Waals surface area (Å²) in [4.78, 5) is 13.9. The van der Waals surface area contributed by atoms with Crippen LogP contribution in [0.15, 0.2) is 24.3 Å². The van der Waals surface area contributed by atoms with Crippen LogP contribution in [-0.4, -0.2) is 38.1 Å².